The Morgan fingerprint density at radius 3 is 2.37 bits per heavy atom. The molecule has 0 atom stereocenters. The summed E-state index contributed by atoms with van der Waals surface area (Å²) in [5.41, 5.74) is -0.578. The van der Waals surface area contributed by atoms with Crippen LogP contribution in [-0.2, 0) is 6.18 Å². The molecular formula is C11H12F3N5. The van der Waals surface area contributed by atoms with Gasteiger partial charge in [0.25, 0.3) is 0 Å². The van der Waals surface area contributed by atoms with Gasteiger partial charge in [0.15, 0.2) is 11.5 Å². The molecule has 0 aliphatic heterocycles. The van der Waals surface area contributed by atoms with Crippen LogP contribution in [0.15, 0.2) is 18.5 Å². The normalized spacial score (nSPS) is 11.7. The first-order valence-electron chi connectivity index (χ1n) is 5.42. The molecule has 2 aromatic rings. The summed E-state index contributed by atoms with van der Waals surface area (Å²) >= 11 is 0. The minimum atomic E-state index is -4.46. The summed E-state index contributed by atoms with van der Waals surface area (Å²) in [7, 11) is 3.56. The van der Waals surface area contributed by atoms with E-state index in [1.807, 2.05) is 0 Å². The third-order valence-electron chi connectivity index (χ3n) is 2.49. The second-order valence-corrected chi connectivity index (χ2v) is 4.21. The highest BCUT2D eigenvalue weighted by atomic mass is 19.4. The third kappa shape index (κ3) is 2.67. The first-order valence-corrected chi connectivity index (χ1v) is 5.42. The van der Waals surface area contributed by atoms with Crippen molar-refractivity contribution in [3.8, 4) is 5.82 Å². The van der Waals surface area contributed by atoms with Crippen molar-refractivity contribution in [2.24, 2.45) is 0 Å². The number of hydrogen-bond acceptors (Lipinski definition) is 4. The van der Waals surface area contributed by atoms with Gasteiger partial charge in [-0.1, -0.05) is 0 Å². The van der Waals surface area contributed by atoms with E-state index in [4.69, 9.17) is 0 Å². The van der Waals surface area contributed by atoms with Crippen molar-refractivity contribution in [3.05, 3.63) is 29.8 Å². The van der Waals surface area contributed by atoms with Gasteiger partial charge in [0.2, 0.25) is 0 Å². The van der Waals surface area contributed by atoms with Crippen LogP contribution in [0, 0.1) is 6.92 Å². The summed E-state index contributed by atoms with van der Waals surface area (Å²) in [6.45, 7) is 1.54. The number of aryl methyl sites for hydroxylation is 1. The molecule has 0 aliphatic rings. The molecule has 2 rings (SSSR count). The SMILES string of the molecule is Cc1cc(C(F)(F)F)nn1-c1cc(N(C)C)ncn1. The predicted octanol–water partition coefficient (Wildman–Crippen LogP) is 2.06. The number of alkyl halides is 3. The summed E-state index contributed by atoms with van der Waals surface area (Å²) < 4.78 is 38.9. The van der Waals surface area contributed by atoms with Crippen molar-refractivity contribution in [2.75, 3.05) is 19.0 Å². The van der Waals surface area contributed by atoms with E-state index in [9.17, 15) is 13.2 Å². The molecule has 5 nitrogen and oxygen atoms in total. The Kier molecular flexibility index (Phi) is 3.17. The van der Waals surface area contributed by atoms with Crippen LogP contribution in [0.1, 0.15) is 11.4 Å². The number of anilines is 1. The average Bonchev–Trinajstić information content (AvgIpc) is 2.71. The average molecular weight is 271 g/mol. The van der Waals surface area contributed by atoms with Gasteiger partial charge in [-0.2, -0.15) is 18.3 Å². The van der Waals surface area contributed by atoms with E-state index < -0.39 is 11.9 Å². The highest BCUT2D eigenvalue weighted by Crippen LogP contribution is 2.29. The summed E-state index contributed by atoms with van der Waals surface area (Å²) in [4.78, 5) is 9.68. The van der Waals surface area contributed by atoms with E-state index in [-0.39, 0.29) is 0 Å². The van der Waals surface area contributed by atoms with Gasteiger partial charge in [-0.25, -0.2) is 14.6 Å². The molecule has 2 aromatic heterocycles. The van der Waals surface area contributed by atoms with E-state index in [0.717, 1.165) is 10.7 Å². The lowest BCUT2D eigenvalue weighted by molar-refractivity contribution is -0.141. The molecular weight excluding hydrogens is 259 g/mol. The molecule has 0 fully saturated rings. The Labute approximate surface area is 107 Å². The fourth-order valence-corrected chi connectivity index (χ4v) is 1.54. The molecule has 19 heavy (non-hydrogen) atoms. The number of hydrogen-bond donors (Lipinski definition) is 0. The third-order valence-corrected chi connectivity index (χ3v) is 2.49. The lowest BCUT2D eigenvalue weighted by Gasteiger charge is -2.12. The van der Waals surface area contributed by atoms with Gasteiger partial charge in [0.05, 0.1) is 0 Å². The second-order valence-electron chi connectivity index (χ2n) is 4.21. The predicted molar refractivity (Wildman–Crippen MR) is 63.2 cm³/mol. The van der Waals surface area contributed by atoms with Gasteiger partial charge < -0.3 is 4.90 Å². The summed E-state index contributed by atoms with van der Waals surface area (Å²) in [6, 6.07) is 2.55. The maximum atomic E-state index is 12.6. The maximum Gasteiger partial charge on any atom is 0.435 e. The zero-order valence-corrected chi connectivity index (χ0v) is 10.6. The molecule has 0 aliphatic carbocycles. The Hall–Kier alpha value is -2.12. The molecule has 0 saturated heterocycles. The summed E-state index contributed by atoms with van der Waals surface area (Å²) in [5, 5.41) is 3.53. The monoisotopic (exact) mass is 271 g/mol. The molecule has 0 aromatic carbocycles. The van der Waals surface area contributed by atoms with Crippen LogP contribution >= 0.6 is 0 Å². The zero-order valence-electron chi connectivity index (χ0n) is 10.6. The molecule has 0 spiro atoms. The van der Waals surface area contributed by atoms with E-state index >= 15 is 0 Å². The van der Waals surface area contributed by atoms with Gasteiger partial charge in [-0.15, -0.1) is 0 Å². The van der Waals surface area contributed by atoms with Gasteiger partial charge in [0.1, 0.15) is 12.1 Å². The first-order chi connectivity index (χ1) is 8.79. The van der Waals surface area contributed by atoms with Crippen molar-refractivity contribution in [3.63, 3.8) is 0 Å². The van der Waals surface area contributed by atoms with Gasteiger partial charge in [-0.3, -0.25) is 0 Å². The van der Waals surface area contributed by atoms with E-state index in [0.29, 0.717) is 17.3 Å². The summed E-state index contributed by atoms with van der Waals surface area (Å²) in [6.07, 6.45) is -3.17. The van der Waals surface area contributed by atoms with E-state index in [2.05, 4.69) is 15.1 Å². The van der Waals surface area contributed by atoms with Crippen LogP contribution in [-0.4, -0.2) is 33.8 Å². The molecule has 8 heteroatoms. The largest absolute Gasteiger partial charge is 0.435 e. The molecule has 0 radical (unpaired) electrons. The molecule has 0 amide bonds. The van der Waals surface area contributed by atoms with Crippen molar-refractivity contribution in [1.29, 1.82) is 0 Å². The minimum absolute atomic E-state index is 0.298. The standard InChI is InChI=1S/C11H12F3N5/c1-7-4-8(11(12,13)14)17-19(7)10-5-9(18(2)3)15-6-16-10/h4-6H,1-3H3. The molecule has 0 bridgehead atoms. The van der Waals surface area contributed by atoms with Crippen LogP contribution in [0.3, 0.4) is 0 Å². The van der Waals surface area contributed by atoms with Crippen molar-refractivity contribution >= 4 is 5.82 Å². The smallest absolute Gasteiger partial charge is 0.363 e. The van der Waals surface area contributed by atoms with E-state index in [1.54, 1.807) is 32.0 Å². The van der Waals surface area contributed by atoms with Gasteiger partial charge >= 0.3 is 6.18 Å². The summed E-state index contributed by atoms with van der Waals surface area (Å²) in [5.74, 6) is 0.889. The number of rotatable bonds is 2. The van der Waals surface area contributed by atoms with Gasteiger partial charge in [0, 0.05) is 25.9 Å². The fraction of sp³-hybridized carbons (Fsp3) is 0.364. The van der Waals surface area contributed by atoms with E-state index in [1.165, 1.54) is 6.33 Å². The Balaban J connectivity index is 2.47. The van der Waals surface area contributed by atoms with Crippen LogP contribution in [0.4, 0.5) is 19.0 Å². The van der Waals surface area contributed by atoms with Crippen LogP contribution < -0.4 is 4.90 Å². The maximum absolute atomic E-state index is 12.6. The molecule has 0 N–H and O–H groups in total. The van der Waals surface area contributed by atoms with Crippen molar-refractivity contribution in [1.82, 2.24) is 19.7 Å². The van der Waals surface area contributed by atoms with Crippen LogP contribution in [0.2, 0.25) is 0 Å². The van der Waals surface area contributed by atoms with Crippen molar-refractivity contribution in [2.45, 2.75) is 13.1 Å². The molecule has 102 valence electrons. The first kappa shape index (κ1) is 13.3. The van der Waals surface area contributed by atoms with Crippen molar-refractivity contribution < 1.29 is 13.2 Å². The number of halogens is 3. The highest BCUT2D eigenvalue weighted by molar-refractivity contribution is 5.42. The molecule has 2 heterocycles. The van der Waals surface area contributed by atoms with Crippen LogP contribution in [0.25, 0.3) is 5.82 Å². The Bertz CT molecular complexity index is 588. The molecule has 0 saturated carbocycles. The van der Waals surface area contributed by atoms with Gasteiger partial charge in [-0.05, 0) is 13.0 Å². The fourth-order valence-electron chi connectivity index (χ4n) is 1.54. The molecule has 0 unspecified atom stereocenters. The quantitative estimate of drug-likeness (QED) is 0.838. The number of nitrogens with zero attached hydrogens (tertiary/aromatic N) is 5. The lowest BCUT2D eigenvalue weighted by Crippen LogP contribution is -2.13. The Morgan fingerprint density at radius 1 is 1.16 bits per heavy atom. The second kappa shape index (κ2) is 4.52. The highest BCUT2D eigenvalue weighted by Gasteiger charge is 2.34. The number of aromatic nitrogens is 4. The topological polar surface area (TPSA) is 46.8 Å². The minimum Gasteiger partial charge on any atom is -0.363 e. The lowest BCUT2D eigenvalue weighted by atomic mass is 10.3. The van der Waals surface area contributed by atoms with Crippen LogP contribution in [0.5, 0.6) is 0 Å². The Morgan fingerprint density at radius 2 is 1.84 bits per heavy atom. The zero-order chi connectivity index (χ0) is 14.2.